The fraction of sp³-hybridized carbons (Fsp3) is 0.467. The third-order valence-electron chi connectivity index (χ3n) is 3.73. The number of carbonyl (C=O) groups excluding carboxylic acids is 1. The van der Waals surface area contributed by atoms with E-state index in [2.05, 4.69) is 0 Å². The van der Waals surface area contributed by atoms with E-state index in [1.165, 1.54) is 4.90 Å². The average molecular weight is 276 g/mol. The van der Waals surface area contributed by atoms with Crippen molar-refractivity contribution in [1.29, 1.82) is 0 Å². The molecule has 2 rings (SSSR count). The standard InChI is InChI=1S/C15H20N2O3/c1-15(2,3)12(16)13(18)17-8-10(14(19)20)9-6-4-5-7-11(9)17/h4-7,10,12H,8,16H2,1-3H3,(H,19,20)/t10?,12-/m1/s1. The number of aliphatic carboxylic acids is 1. The van der Waals surface area contributed by atoms with Crippen molar-refractivity contribution in [3.05, 3.63) is 29.8 Å². The fourth-order valence-electron chi connectivity index (χ4n) is 2.37. The fourth-order valence-corrected chi connectivity index (χ4v) is 2.37. The highest BCUT2D eigenvalue weighted by molar-refractivity contribution is 6.01. The van der Waals surface area contributed by atoms with Crippen molar-refractivity contribution >= 4 is 17.6 Å². The molecule has 20 heavy (non-hydrogen) atoms. The molecule has 1 aliphatic rings. The number of nitrogens with two attached hydrogens (primary N) is 1. The Labute approximate surface area is 118 Å². The highest BCUT2D eigenvalue weighted by Crippen LogP contribution is 2.37. The van der Waals surface area contributed by atoms with Crippen LogP contribution in [-0.2, 0) is 9.59 Å². The van der Waals surface area contributed by atoms with Crippen molar-refractivity contribution in [2.45, 2.75) is 32.7 Å². The van der Waals surface area contributed by atoms with Crippen LogP contribution in [0.2, 0.25) is 0 Å². The van der Waals surface area contributed by atoms with Gasteiger partial charge in [-0.2, -0.15) is 0 Å². The van der Waals surface area contributed by atoms with Crippen molar-refractivity contribution in [3.8, 4) is 0 Å². The van der Waals surface area contributed by atoms with E-state index >= 15 is 0 Å². The summed E-state index contributed by atoms with van der Waals surface area (Å²) in [5.74, 6) is -1.83. The first-order valence-electron chi connectivity index (χ1n) is 6.62. The van der Waals surface area contributed by atoms with E-state index in [4.69, 9.17) is 5.73 Å². The second-order valence-electron chi connectivity index (χ2n) is 6.24. The zero-order valence-corrected chi connectivity index (χ0v) is 12.0. The first-order valence-corrected chi connectivity index (χ1v) is 6.62. The van der Waals surface area contributed by atoms with Gasteiger partial charge in [0, 0.05) is 12.2 Å². The molecule has 1 amide bonds. The molecular formula is C15H20N2O3. The van der Waals surface area contributed by atoms with Crippen molar-refractivity contribution in [2.24, 2.45) is 11.1 Å². The first-order chi connectivity index (χ1) is 9.23. The second kappa shape index (κ2) is 4.90. The predicted molar refractivity (Wildman–Crippen MR) is 76.6 cm³/mol. The lowest BCUT2D eigenvalue weighted by Crippen LogP contribution is -2.50. The summed E-state index contributed by atoms with van der Waals surface area (Å²) in [7, 11) is 0. The number of amides is 1. The Morgan fingerprint density at radius 2 is 1.95 bits per heavy atom. The van der Waals surface area contributed by atoms with Gasteiger partial charge in [0.05, 0.1) is 6.04 Å². The van der Waals surface area contributed by atoms with Gasteiger partial charge in [-0.25, -0.2) is 0 Å². The number of para-hydroxylation sites is 1. The largest absolute Gasteiger partial charge is 0.481 e. The SMILES string of the molecule is CC(C)(C)[C@H](N)C(=O)N1CC(C(=O)O)c2ccccc21. The number of rotatable bonds is 2. The molecule has 0 saturated heterocycles. The van der Waals surface area contributed by atoms with E-state index in [1.807, 2.05) is 20.8 Å². The Balaban J connectivity index is 2.36. The number of carboxylic acid groups (broad SMARTS) is 1. The highest BCUT2D eigenvalue weighted by Gasteiger charge is 2.40. The number of anilines is 1. The molecule has 0 radical (unpaired) electrons. The van der Waals surface area contributed by atoms with E-state index < -0.39 is 17.9 Å². The molecule has 0 saturated carbocycles. The quantitative estimate of drug-likeness (QED) is 0.859. The molecule has 2 atom stereocenters. The molecule has 1 unspecified atom stereocenters. The number of nitrogens with zero attached hydrogens (tertiary/aromatic N) is 1. The number of carboxylic acids is 1. The average Bonchev–Trinajstić information content (AvgIpc) is 2.75. The first kappa shape index (κ1) is 14.5. The normalized spacial score (nSPS) is 19.6. The van der Waals surface area contributed by atoms with Gasteiger partial charge >= 0.3 is 5.97 Å². The van der Waals surface area contributed by atoms with Gasteiger partial charge in [0.2, 0.25) is 5.91 Å². The smallest absolute Gasteiger partial charge is 0.312 e. The van der Waals surface area contributed by atoms with Crippen molar-refractivity contribution in [3.63, 3.8) is 0 Å². The maximum Gasteiger partial charge on any atom is 0.312 e. The molecule has 1 heterocycles. The summed E-state index contributed by atoms with van der Waals surface area (Å²) in [5.41, 5.74) is 6.98. The molecule has 0 bridgehead atoms. The minimum absolute atomic E-state index is 0.150. The van der Waals surface area contributed by atoms with Crippen LogP contribution in [-0.4, -0.2) is 29.6 Å². The van der Waals surface area contributed by atoms with Crippen LogP contribution in [0.4, 0.5) is 5.69 Å². The molecule has 5 nitrogen and oxygen atoms in total. The molecule has 0 spiro atoms. The molecule has 1 aromatic rings. The maximum atomic E-state index is 12.5. The summed E-state index contributed by atoms with van der Waals surface area (Å²) >= 11 is 0. The van der Waals surface area contributed by atoms with Crippen LogP contribution >= 0.6 is 0 Å². The van der Waals surface area contributed by atoms with Crippen LogP contribution in [0.25, 0.3) is 0 Å². The summed E-state index contributed by atoms with van der Waals surface area (Å²) < 4.78 is 0. The lowest BCUT2D eigenvalue weighted by molar-refractivity contribution is -0.138. The van der Waals surface area contributed by atoms with Gasteiger partial charge in [0.1, 0.15) is 5.92 Å². The topological polar surface area (TPSA) is 83.6 Å². The summed E-state index contributed by atoms with van der Waals surface area (Å²) in [6, 6.07) is 6.44. The molecule has 1 aromatic carbocycles. The maximum absolute atomic E-state index is 12.5. The van der Waals surface area contributed by atoms with Gasteiger partial charge in [0.15, 0.2) is 0 Å². The number of benzene rings is 1. The molecule has 0 aromatic heterocycles. The Kier molecular flexibility index (Phi) is 3.56. The Hall–Kier alpha value is -1.88. The number of fused-ring (bicyclic) bond motifs is 1. The van der Waals surface area contributed by atoms with Crippen LogP contribution in [0.5, 0.6) is 0 Å². The van der Waals surface area contributed by atoms with Crippen LogP contribution < -0.4 is 10.6 Å². The van der Waals surface area contributed by atoms with E-state index in [0.29, 0.717) is 11.3 Å². The molecule has 1 aliphatic heterocycles. The minimum atomic E-state index is -0.919. The Morgan fingerprint density at radius 3 is 2.50 bits per heavy atom. The van der Waals surface area contributed by atoms with Gasteiger partial charge in [-0.3, -0.25) is 9.59 Å². The van der Waals surface area contributed by atoms with Crippen LogP contribution in [0.15, 0.2) is 24.3 Å². The number of carbonyl (C=O) groups is 2. The van der Waals surface area contributed by atoms with Gasteiger partial charge in [0.25, 0.3) is 0 Å². The molecule has 0 fully saturated rings. The van der Waals surface area contributed by atoms with Crippen molar-refractivity contribution in [1.82, 2.24) is 0 Å². The summed E-state index contributed by atoms with van der Waals surface area (Å²) in [5, 5.41) is 9.29. The summed E-state index contributed by atoms with van der Waals surface area (Å²) in [6.07, 6.45) is 0. The van der Waals surface area contributed by atoms with Gasteiger partial charge in [-0.1, -0.05) is 39.0 Å². The Bertz CT molecular complexity index is 548. The molecule has 108 valence electrons. The van der Waals surface area contributed by atoms with Gasteiger partial charge in [-0.05, 0) is 17.0 Å². The van der Waals surface area contributed by atoms with Crippen molar-refractivity contribution in [2.75, 3.05) is 11.4 Å². The van der Waals surface area contributed by atoms with E-state index in [9.17, 15) is 14.7 Å². The predicted octanol–water partition coefficient (Wildman–Crippen LogP) is 1.57. The van der Waals surface area contributed by atoms with Crippen LogP contribution in [0.3, 0.4) is 0 Å². The number of hydrogen-bond acceptors (Lipinski definition) is 3. The van der Waals surface area contributed by atoms with E-state index in [-0.39, 0.29) is 17.9 Å². The third kappa shape index (κ3) is 2.41. The van der Waals surface area contributed by atoms with E-state index in [0.717, 1.165) is 0 Å². The lowest BCUT2D eigenvalue weighted by Gasteiger charge is -2.30. The lowest BCUT2D eigenvalue weighted by atomic mass is 9.86. The molecule has 5 heteroatoms. The van der Waals surface area contributed by atoms with E-state index in [1.54, 1.807) is 24.3 Å². The van der Waals surface area contributed by atoms with Crippen LogP contribution in [0, 0.1) is 5.41 Å². The van der Waals surface area contributed by atoms with Gasteiger partial charge in [-0.15, -0.1) is 0 Å². The summed E-state index contributed by atoms with van der Waals surface area (Å²) in [4.78, 5) is 25.4. The minimum Gasteiger partial charge on any atom is -0.481 e. The second-order valence-corrected chi connectivity index (χ2v) is 6.24. The third-order valence-corrected chi connectivity index (χ3v) is 3.73. The zero-order chi connectivity index (χ0) is 15.1. The molecule has 0 aliphatic carbocycles. The highest BCUT2D eigenvalue weighted by atomic mass is 16.4. The number of hydrogen-bond donors (Lipinski definition) is 2. The van der Waals surface area contributed by atoms with Crippen molar-refractivity contribution < 1.29 is 14.7 Å². The molecule has 3 N–H and O–H groups in total. The summed E-state index contributed by atoms with van der Waals surface area (Å²) in [6.45, 7) is 5.84. The Morgan fingerprint density at radius 1 is 1.35 bits per heavy atom. The monoisotopic (exact) mass is 276 g/mol. The van der Waals surface area contributed by atoms with Gasteiger partial charge < -0.3 is 15.7 Å². The molecular weight excluding hydrogens is 256 g/mol. The van der Waals surface area contributed by atoms with Crippen LogP contribution in [0.1, 0.15) is 32.3 Å². The zero-order valence-electron chi connectivity index (χ0n) is 12.0.